The maximum absolute atomic E-state index is 12.2. The zero-order valence-corrected chi connectivity index (χ0v) is 11.1. The second kappa shape index (κ2) is 5.73. The zero-order valence-electron chi connectivity index (χ0n) is 11.1. The number of nitrogens with zero attached hydrogens (tertiary/aromatic N) is 1. The molecule has 1 heterocycles. The summed E-state index contributed by atoms with van der Waals surface area (Å²) in [5.41, 5.74) is 1.15. The van der Waals surface area contributed by atoms with Crippen molar-refractivity contribution in [2.45, 2.75) is 32.2 Å². The highest BCUT2D eigenvalue weighted by molar-refractivity contribution is 6.04. The highest BCUT2D eigenvalue weighted by atomic mass is 16.4. The normalized spacial score (nSPS) is 17.9. The Bertz CT molecular complexity index is 556. The number of carboxylic acid groups (broad SMARTS) is 1. The lowest BCUT2D eigenvalue weighted by Crippen LogP contribution is -2.39. The lowest BCUT2D eigenvalue weighted by Gasteiger charge is -2.28. The first-order chi connectivity index (χ1) is 9.49. The van der Waals surface area contributed by atoms with E-state index < -0.39 is 5.97 Å². The van der Waals surface area contributed by atoms with E-state index >= 15 is 0 Å². The Labute approximate surface area is 116 Å². The number of para-hydroxylation sites is 2. The van der Waals surface area contributed by atoms with Crippen LogP contribution >= 0.6 is 0 Å². The molecule has 0 saturated carbocycles. The van der Waals surface area contributed by atoms with Crippen LogP contribution in [0.3, 0.4) is 0 Å². The molecule has 2 rings (SSSR count). The maximum Gasteiger partial charge on any atom is 0.227 e. The monoisotopic (exact) mass is 275 g/mol. The summed E-state index contributed by atoms with van der Waals surface area (Å²) in [6, 6.07) is 6.65. The van der Waals surface area contributed by atoms with Crippen molar-refractivity contribution in [2.24, 2.45) is 0 Å². The molecule has 0 fully saturated rings. The highest BCUT2D eigenvalue weighted by Gasteiger charge is 2.28. The van der Waals surface area contributed by atoms with Gasteiger partial charge in [0.15, 0.2) is 0 Å². The van der Waals surface area contributed by atoms with Crippen molar-refractivity contribution >= 4 is 29.2 Å². The third-order valence-corrected chi connectivity index (χ3v) is 3.17. The van der Waals surface area contributed by atoms with Crippen LogP contribution < -0.4 is 15.3 Å². The van der Waals surface area contributed by atoms with Gasteiger partial charge >= 0.3 is 0 Å². The van der Waals surface area contributed by atoms with Crippen LogP contribution in [-0.2, 0) is 14.4 Å². The Kier molecular flexibility index (Phi) is 4.02. The minimum atomic E-state index is -1.26. The third kappa shape index (κ3) is 2.96. The number of rotatable bonds is 3. The van der Waals surface area contributed by atoms with Gasteiger partial charge in [0.1, 0.15) is 0 Å². The Morgan fingerprint density at radius 2 is 2.05 bits per heavy atom. The number of carbonyl (C=O) groups is 3. The number of hydrogen-bond donors (Lipinski definition) is 1. The second-order valence-electron chi connectivity index (χ2n) is 4.75. The molecule has 2 amide bonds. The molecule has 0 aromatic heterocycles. The van der Waals surface area contributed by atoms with Crippen molar-refractivity contribution in [3.05, 3.63) is 24.3 Å². The summed E-state index contributed by atoms with van der Waals surface area (Å²) in [6.45, 7) is 1.76. The lowest BCUT2D eigenvalue weighted by atomic mass is 10.1. The van der Waals surface area contributed by atoms with E-state index in [1.165, 1.54) is 4.90 Å². The van der Waals surface area contributed by atoms with Crippen molar-refractivity contribution in [2.75, 3.05) is 10.2 Å². The number of carboxylic acids is 1. The molecule has 1 N–H and O–H groups in total. The van der Waals surface area contributed by atoms with Crippen molar-refractivity contribution in [1.29, 1.82) is 0 Å². The second-order valence-corrected chi connectivity index (χ2v) is 4.75. The number of nitrogens with one attached hydrogen (secondary N) is 1. The quantitative estimate of drug-likeness (QED) is 0.858. The van der Waals surface area contributed by atoms with Gasteiger partial charge in [0.25, 0.3) is 0 Å². The molecule has 6 heteroatoms. The fourth-order valence-electron chi connectivity index (χ4n) is 2.30. The fourth-order valence-corrected chi connectivity index (χ4v) is 2.30. The van der Waals surface area contributed by atoms with Crippen LogP contribution in [0.4, 0.5) is 11.4 Å². The maximum atomic E-state index is 12.2. The molecule has 0 saturated heterocycles. The minimum absolute atomic E-state index is 0.144. The lowest BCUT2D eigenvalue weighted by molar-refractivity contribution is -0.305. The first-order valence-corrected chi connectivity index (χ1v) is 6.40. The van der Waals surface area contributed by atoms with Gasteiger partial charge in [0.2, 0.25) is 11.8 Å². The van der Waals surface area contributed by atoms with Crippen LogP contribution in [-0.4, -0.2) is 23.8 Å². The summed E-state index contributed by atoms with van der Waals surface area (Å²) in [7, 11) is 0. The van der Waals surface area contributed by atoms with Gasteiger partial charge in [-0.3, -0.25) is 9.59 Å². The first-order valence-electron chi connectivity index (χ1n) is 6.40. The number of amides is 2. The molecule has 1 aliphatic heterocycles. The average Bonchev–Trinajstić information content (AvgIpc) is 2.50. The number of carbonyl (C=O) groups excluding carboxylic acids is 3. The predicted octanol–water partition coefficient (Wildman–Crippen LogP) is 0.280. The van der Waals surface area contributed by atoms with Gasteiger partial charge in [-0.25, -0.2) is 0 Å². The molecule has 106 valence electrons. The molecule has 0 aliphatic carbocycles. The molecule has 1 atom stereocenters. The zero-order chi connectivity index (χ0) is 14.7. The summed E-state index contributed by atoms with van der Waals surface area (Å²) in [5, 5.41) is 13.2. The number of hydrogen-bond acceptors (Lipinski definition) is 4. The SMILES string of the molecule is C[C@H]1CC(=O)Nc2ccccc2N1C(=O)CCC(=O)[O-]. The van der Waals surface area contributed by atoms with Gasteiger partial charge in [0.05, 0.1) is 11.4 Å². The summed E-state index contributed by atoms with van der Waals surface area (Å²) in [5.74, 6) is -1.76. The Balaban J connectivity index is 2.32. The topological polar surface area (TPSA) is 89.5 Å². The van der Waals surface area contributed by atoms with E-state index in [0.717, 1.165) is 0 Å². The number of aliphatic carboxylic acids is 1. The van der Waals surface area contributed by atoms with Crippen LogP contribution in [0, 0.1) is 0 Å². The van der Waals surface area contributed by atoms with Gasteiger partial charge in [-0.15, -0.1) is 0 Å². The van der Waals surface area contributed by atoms with E-state index in [9.17, 15) is 19.5 Å². The van der Waals surface area contributed by atoms with Gasteiger partial charge in [-0.05, 0) is 25.5 Å². The summed E-state index contributed by atoms with van der Waals surface area (Å²) in [6.07, 6.45) is -0.299. The van der Waals surface area contributed by atoms with E-state index in [1.807, 2.05) is 0 Å². The van der Waals surface area contributed by atoms with Crippen molar-refractivity contribution in [1.82, 2.24) is 0 Å². The van der Waals surface area contributed by atoms with Gasteiger partial charge in [-0.1, -0.05) is 12.1 Å². The van der Waals surface area contributed by atoms with Crippen molar-refractivity contribution in [3.63, 3.8) is 0 Å². The molecule has 6 nitrogen and oxygen atoms in total. The Morgan fingerprint density at radius 3 is 2.75 bits per heavy atom. The standard InChI is InChI=1S/C14H16N2O4/c1-9-8-12(17)15-10-4-2-3-5-11(10)16(9)13(18)6-7-14(19)20/h2-5,9H,6-8H2,1H3,(H,15,17)(H,19,20)/p-1/t9-/m0/s1. The smallest absolute Gasteiger partial charge is 0.227 e. The van der Waals surface area contributed by atoms with E-state index in [4.69, 9.17) is 0 Å². The van der Waals surface area contributed by atoms with Gasteiger partial charge in [-0.2, -0.15) is 0 Å². The van der Waals surface area contributed by atoms with Crippen LogP contribution in [0.2, 0.25) is 0 Å². The molecule has 0 unspecified atom stereocenters. The Morgan fingerprint density at radius 1 is 1.35 bits per heavy atom. The molecule has 0 radical (unpaired) electrons. The van der Waals surface area contributed by atoms with Crippen LogP contribution in [0.1, 0.15) is 26.2 Å². The molecule has 0 bridgehead atoms. The predicted molar refractivity (Wildman–Crippen MR) is 70.9 cm³/mol. The van der Waals surface area contributed by atoms with Crippen LogP contribution in [0.15, 0.2) is 24.3 Å². The molecular weight excluding hydrogens is 260 g/mol. The third-order valence-electron chi connectivity index (χ3n) is 3.17. The highest BCUT2D eigenvalue weighted by Crippen LogP contribution is 2.31. The average molecular weight is 275 g/mol. The van der Waals surface area contributed by atoms with Crippen LogP contribution in [0.25, 0.3) is 0 Å². The summed E-state index contributed by atoms with van der Waals surface area (Å²) >= 11 is 0. The summed E-state index contributed by atoms with van der Waals surface area (Å²) in [4.78, 5) is 35.9. The van der Waals surface area contributed by atoms with Crippen molar-refractivity contribution < 1.29 is 19.5 Å². The van der Waals surface area contributed by atoms with E-state index in [0.29, 0.717) is 11.4 Å². The Hall–Kier alpha value is -2.37. The largest absolute Gasteiger partial charge is 0.550 e. The number of fused-ring (bicyclic) bond motifs is 1. The molecule has 20 heavy (non-hydrogen) atoms. The molecular formula is C14H15N2O4-. The summed E-state index contributed by atoms with van der Waals surface area (Å²) < 4.78 is 0. The van der Waals surface area contributed by atoms with E-state index in [1.54, 1.807) is 31.2 Å². The molecule has 1 aliphatic rings. The first kappa shape index (κ1) is 14.0. The fraction of sp³-hybridized carbons (Fsp3) is 0.357. The minimum Gasteiger partial charge on any atom is -0.550 e. The number of anilines is 2. The molecule has 1 aromatic carbocycles. The van der Waals surface area contributed by atoms with Crippen LogP contribution in [0.5, 0.6) is 0 Å². The van der Waals surface area contributed by atoms with E-state index in [2.05, 4.69) is 5.32 Å². The molecule has 1 aromatic rings. The van der Waals surface area contributed by atoms with Crippen molar-refractivity contribution in [3.8, 4) is 0 Å². The van der Waals surface area contributed by atoms with Gasteiger partial charge < -0.3 is 20.1 Å². The number of benzene rings is 1. The molecule has 0 spiro atoms. The van der Waals surface area contributed by atoms with Gasteiger partial charge in [0, 0.05) is 24.9 Å². The van der Waals surface area contributed by atoms with E-state index in [-0.39, 0.29) is 37.1 Å².